The van der Waals surface area contributed by atoms with Crippen LogP contribution in [-0.2, 0) is 24.4 Å². The predicted octanol–water partition coefficient (Wildman–Crippen LogP) is 2.44. The number of primary amides is 1. The second-order valence-electron chi connectivity index (χ2n) is 8.13. The van der Waals surface area contributed by atoms with Gasteiger partial charge in [-0.1, -0.05) is 30.3 Å². The minimum Gasteiger partial charge on any atom is -0.508 e. The van der Waals surface area contributed by atoms with Gasteiger partial charge < -0.3 is 35.8 Å². The number of benzene rings is 3. The van der Waals surface area contributed by atoms with E-state index in [2.05, 4.69) is 5.32 Å². The average molecular weight is 481 g/mol. The monoisotopic (exact) mass is 480 g/mol. The van der Waals surface area contributed by atoms with E-state index in [9.17, 15) is 20.1 Å². The zero-order valence-electron chi connectivity index (χ0n) is 19.5. The molecule has 3 aromatic rings. The normalized spacial score (nSPS) is 11.8. The number of hydrogen-bond donors (Lipinski definition) is 5. The SMILES string of the molecule is NC(=O)c1cccc(COCCOc2ccc(CCNCC(O)c3ccc(O)c(CO)c3)cc2)c1. The number of nitrogens with one attached hydrogen (secondary N) is 1. The summed E-state index contributed by atoms with van der Waals surface area (Å²) in [5.41, 5.74) is 8.80. The van der Waals surface area contributed by atoms with Crippen LogP contribution in [0.1, 0.15) is 38.7 Å². The fourth-order valence-electron chi connectivity index (χ4n) is 3.50. The summed E-state index contributed by atoms with van der Waals surface area (Å²) >= 11 is 0. The first kappa shape index (κ1) is 26.2. The molecule has 8 nitrogen and oxygen atoms in total. The topological polar surface area (TPSA) is 134 Å². The molecule has 1 unspecified atom stereocenters. The van der Waals surface area contributed by atoms with E-state index >= 15 is 0 Å². The van der Waals surface area contributed by atoms with Crippen molar-refractivity contribution in [2.45, 2.75) is 25.7 Å². The summed E-state index contributed by atoms with van der Waals surface area (Å²) in [6.07, 6.45) is 0.0591. The lowest BCUT2D eigenvalue weighted by Crippen LogP contribution is -2.23. The van der Waals surface area contributed by atoms with E-state index in [1.165, 1.54) is 6.07 Å². The van der Waals surface area contributed by atoms with Gasteiger partial charge in [-0.15, -0.1) is 0 Å². The van der Waals surface area contributed by atoms with Crippen molar-refractivity contribution >= 4 is 5.91 Å². The molecule has 3 rings (SSSR count). The molecule has 1 atom stereocenters. The molecule has 0 aliphatic carbocycles. The zero-order valence-corrected chi connectivity index (χ0v) is 19.5. The van der Waals surface area contributed by atoms with Crippen LogP contribution in [0.3, 0.4) is 0 Å². The van der Waals surface area contributed by atoms with Crippen molar-refractivity contribution < 1.29 is 29.6 Å². The number of amides is 1. The Morgan fingerprint density at radius 2 is 1.80 bits per heavy atom. The van der Waals surface area contributed by atoms with Gasteiger partial charge in [-0.25, -0.2) is 0 Å². The number of aromatic hydroxyl groups is 1. The highest BCUT2D eigenvalue weighted by molar-refractivity contribution is 5.92. The second-order valence-corrected chi connectivity index (χ2v) is 8.13. The van der Waals surface area contributed by atoms with Gasteiger partial charge in [-0.3, -0.25) is 4.79 Å². The molecule has 0 aromatic heterocycles. The van der Waals surface area contributed by atoms with E-state index in [0.717, 1.165) is 23.3 Å². The van der Waals surface area contributed by atoms with Gasteiger partial charge in [-0.05, 0) is 66.1 Å². The van der Waals surface area contributed by atoms with Crippen molar-refractivity contribution in [1.82, 2.24) is 5.32 Å². The molecule has 0 saturated heterocycles. The highest BCUT2D eigenvalue weighted by atomic mass is 16.5. The number of aliphatic hydroxyl groups is 2. The van der Waals surface area contributed by atoms with E-state index < -0.39 is 12.0 Å². The molecule has 1 amide bonds. The van der Waals surface area contributed by atoms with Gasteiger partial charge in [0.15, 0.2) is 0 Å². The first-order valence-electron chi connectivity index (χ1n) is 11.5. The minimum absolute atomic E-state index is 0.0173. The van der Waals surface area contributed by atoms with E-state index in [4.69, 9.17) is 15.2 Å². The number of hydrogen-bond acceptors (Lipinski definition) is 7. The van der Waals surface area contributed by atoms with Gasteiger partial charge >= 0.3 is 0 Å². The molecule has 6 N–H and O–H groups in total. The summed E-state index contributed by atoms with van der Waals surface area (Å²) in [5.74, 6) is 0.311. The minimum atomic E-state index is -0.731. The standard InChI is InChI=1S/C27H32N2O6/c28-27(33)22-3-1-2-20(14-22)18-34-12-13-35-24-7-4-19(5-8-24)10-11-29-16-26(32)21-6-9-25(31)23(15-21)17-30/h1-9,14-15,26,29-32H,10-13,16-18H2,(H2,28,33). The van der Waals surface area contributed by atoms with Crippen LogP contribution in [0.15, 0.2) is 66.7 Å². The summed E-state index contributed by atoms with van der Waals surface area (Å²) in [7, 11) is 0. The Bertz CT molecular complexity index is 1090. The first-order valence-corrected chi connectivity index (χ1v) is 11.5. The average Bonchev–Trinajstić information content (AvgIpc) is 2.87. The summed E-state index contributed by atoms with van der Waals surface area (Å²) in [6, 6.07) is 19.6. The lowest BCUT2D eigenvalue weighted by Gasteiger charge is -2.14. The molecule has 186 valence electrons. The van der Waals surface area contributed by atoms with Gasteiger partial charge in [0.2, 0.25) is 5.91 Å². The van der Waals surface area contributed by atoms with Crippen LogP contribution >= 0.6 is 0 Å². The summed E-state index contributed by atoms with van der Waals surface area (Å²) in [6.45, 7) is 1.97. The van der Waals surface area contributed by atoms with Crippen molar-refractivity contribution in [3.8, 4) is 11.5 Å². The summed E-state index contributed by atoms with van der Waals surface area (Å²) < 4.78 is 11.3. The highest BCUT2D eigenvalue weighted by Crippen LogP contribution is 2.22. The lowest BCUT2D eigenvalue weighted by molar-refractivity contribution is 0.0887. The third kappa shape index (κ3) is 8.38. The van der Waals surface area contributed by atoms with E-state index in [1.807, 2.05) is 30.3 Å². The second kappa shape index (κ2) is 13.5. The van der Waals surface area contributed by atoms with Crippen LogP contribution in [0.5, 0.6) is 11.5 Å². The van der Waals surface area contributed by atoms with Crippen molar-refractivity contribution in [3.63, 3.8) is 0 Å². The van der Waals surface area contributed by atoms with E-state index in [1.54, 1.807) is 30.3 Å². The third-order valence-electron chi connectivity index (χ3n) is 5.49. The van der Waals surface area contributed by atoms with Crippen molar-refractivity contribution in [2.75, 3.05) is 26.3 Å². The van der Waals surface area contributed by atoms with Crippen molar-refractivity contribution in [1.29, 1.82) is 0 Å². The molecule has 8 heteroatoms. The number of rotatable bonds is 14. The van der Waals surface area contributed by atoms with E-state index in [0.29, 0.717) is 49.6 Å². The van der Waals surface area contributed by atoms with Gasteiger partial charge in [0, 0.05) is 17.7 Å². The molecule has 0 heterocycles. The molecule has 0 spiro atoms. The summed E-state index contributed by atoms with van der Waals surface area (Å²) in [4.78, 5) is 11.2. The van der Waals surface area contributed by atoms with Crippen LogP contribution in [-0.4, -0.2) is 47.5 Å². The Balaban J connectivity index is 1.31. The Labute approximate surface area is 204 Å². The predicted molar refractivity (Wildman–Crippen MR) is 132 cm³/mol. The highest BCUT2D eigenvalue weighted by Gasteiger charge is 2.10. The zero-order chi connectivity index (χ0) is 25.0. The molecule has 0 fully saturated rings. The molecule has 0 saturated carbocycles. The molecule has 0 bridgehead atoms. The van der Waals surface area contributed by atoms with Gasteiger partial charge in [0.05, 0.1) is 25.9 Å². The smallest absolute Gasteiger partial charge is 0.248 e. The van der Waals surface area contributed by atoms with Crippen LogP contribution in [0.4, 0.5) is 0 Å². The van der Waals surface area contributed by atoms with Gasteiger partial charge in [0.25, 0.3) is 0 Å². The molecule has 0 aliphatic heterocycles. The van der Waals surface area contributed by atoms with Crippen LogP contribution in [0.2, 0.25) is 0 Å². The summed E-state index contributed by atoms with van der Waals surface area (Å²) in [5, 5.41) is 32.4. The molecular weight excluding hydrogens is 448 g/mol. The Hall–Kier alpha value is -3.43. The maximum absolute atomic E-state index is 11.2. The largest absolute Gasteiger partial charge is 0.508 e. The van der Waals surface area contributed by atoms with E-state index in [-0.39, 0.29) is 12.4 Å². The van der Waals surface area contributed by atoms with Gasteiger partial charge in [-0.2, -0.15) is 0 Å². The van der Waals surface area contributed by atoms with Crippen molar-refractivity contribution in [3.05, 3.63) is 94.5 Å². The third-order valence-corrected chi connectivity index (χ3v) is 5.49. The fourth-order valence-corrected chi connectivity index (χ4v) is 3.50. The number of ether oxygens (including phenoxy) is 2. The Morgan fingerprint density at radius 1 is 1.00 bits per heavy atom. The maximum Gasteiger partial charge on any atom is 0.248 e. The number of phenols is 1. The fraction of sp³-hybridized carbons (Fsp3) is 0.296. The molecule has 35 heavy (non-hydrogen) atoms. The van der Waals surface area contributed by atoms with Crippen LogP contribution in [0.25, 0.3) is 0 Å². The van der Waals surface area contributed by atoms with Gasteiger partial charge in [0.1, 0.15) is 18.1 Å². The number of carbonyl (C=O) groups excluding carboxylic acids is 1. The number of aliphatic hydroxyl groups excluding tert-OH is 2. The number of carbonyl (C=O) groups is 1. The first-order chi connectivity index (χ1) is 17.0. The van der Waals surface area contributed by atoms with Crippen LogP contribution in [0, 0.1) is 0 Å². The lowest BCUT2D eigenvalue weighted by atomic mass is 10.1. The Morgan fingerprint density at radius 3 is 2.54 bits per heavy atom. The van der Waals surface area contributed by atoms with Crippen LogP contribution < -0.4 is 15.8 Å². The molecule has 3 aromatic carbocycles. The molecular formula is C27H32N2O6. The Kier molecular flexibility index (Phi) is 10.1. The molecule has 0 radical (unpaired) electrons. The maximum atomic E-state index is 11.2. The number of nitrogens with two attached hydrogens (primary N) is 1. The quantitative estimate of drug-likeness (QED) is 0.224. The van der Waals surface area contributed by atoms with Crippen molar-refractivity contribution in [2.24, 2.45) is 5.73 Å². The molecule has 0 aliphatic rings.